The Morgan fingerprint density at radius 1 is 0.946 bits per heavy atom. The summed E-state index contributed by atoms with van der Waals surface area (Å²) >= 11 is 0. The van der Waals surface area contributed by atoms with Crippen LogP contribution < -0.4 is 15.1 Å². The minimum atomic E-state index is -4.45. The van der Waals surface area contributed by atoms with Gasteiger partial charge >= 0.3 is 6.18 Å². The molecule has 10 heteroatoms. The molecule has 0 spiro atoms. The molecule has 37 heavy (non-hydrogen) atoms. The van der Waals surface area contributed by atoms with E-state index in [9.17, 15) is 18.0 Å². The van der Waals surface area contributed by atoms with Crippen LogP contribution in [-0.4, -0.2) is 47.0 Å². The predicted octanol–water partition coefficient (Wildman–Crippen LogP) is 4.86. The molecule has 7 nitrogen and oxygen atoms in total. The van der Waals surface area contributed by atoms with Crippen LogP contribution >= 0.6 is 0 Å². The number of carbonyl (C=O) groups is 1. The predicted molar refractivity (Wildman–Crippen MR) is 137 cm³/mol. The van der Waals surface area contributed by atoms with E-state index in [0.29, 0.717) is 11.3 Å². The van der Waals surface area contributed by atoms with Gasteiger partial charge in [-0.15, -0.1) is 0 Å². The Hall–Kier alpha value is -4.21. The highest BCUT2D eigenvalue weighted by molar-refractivity contribution is 5.95. The molecule has 1 aliphatic heterocycles. The molecular formula is C27H25F3N6O. The van der Waals surface area contributed by atoms with Crippen molar-refractivity contribution in [2.24, 2.45) is 0 Å². The lowest BCUT2D eigenvalue weighted by Crippen LogP contribution is -2.47. The van der Waals surface area contributed by atoms with Gasteiger partial charge < -0.3 is 15.1 Å². The zero-order valence-electron chi connectivity index (χ0n) is 20.2. The van der Waals surface area contributed by atoms with Crippen molar-refractivity contribution in [2.45, 2.75) is 19.5 Å². The van der Waals surface area contributed by atoms with E-state index in [4.69, 9.17) is 4.98 Å². The molecule has 1 amide bonds. The number of hydrogen-bond donors (Lipinski definition) is 1. The number of aryl methyl sites for hydroxylation is 1. The molecule has 1 aliphatic rings. The lowest BCUT2D eigenvalue weighted by Gasteiger charge is -2.35. The molecule has 0 radical (unpaired) electrons. The van der Waals surface area contributed by atoms with E-state index in [1.165, 1.54) is 12.1 Å². The number of pyridine rings is 1. The Bertz CT molecular complexity index is 1420. The number of halogens is 3. The molecule has 2 aromatic carbocycles. The summed E-state index contributed by atoms with van der Waals surface area (Å²) in [6.45, 7) is 5.16. The van der Waals surface area contributed by atoms with Crippen molar-refractivity contribution in [3.8, 4) is 0 Å². The van der Waals surface area contributed by atoms with Crippen LogP contribution in [0.2, 0.25) is 0 Å². The number of piperazine rings is 1. The Kier molecular flexibility index (Phi) is 6.64. The van der Waals surface area contributed by atoms with Gasteiger partial charge in [0.2, 0.25) is 11.9 Å². The highest BCUT2D eigenvalue weighted by Crippen LogP contribution is 2.30. The third-order valence-electron chi connectivity index (χ3n) is 6.34. The number of anilines is 3. The highest BCUT2D eigenvalue weighted by atomic mass is 19.4. The van der Waals surface area contributed by atoms with Crippen molar-refractivity contribution in [3.05, 3.63) is 83.7 Å². The molecule has 0 unspecified atom stereocenters. The largest absolute Gasteiger partial charge is 0.416 e. The number of rotatable bonds is 5. The minimum absolute atomic E-state index is 0.155. The summed E-state index contributed by atoms with van der Waals surface area (Å²) in [7, 11) is 0. The van der Waals surface area contributed by atoms with Crippen molar-refractivity contribution in [3.63, 3.8) is 0 Å². The molecule has 3 heterocycles. The first kappa shape index (κ1) is 24.5. The average molecular weight is 507 g/mol. The van der Waals surface area contributed by atoms with E-state index in [1.54, 1.807) is 24.5 Å². The van der Waals surface area contributed by atoms with Crippen LogP contribution in [-0.2, 0) is 17.4 Å². The monoisotopic (exact) mass is 506 g/mol. The molecule has 0 bridgehead atoms. The fourth-order valence-electron chi connectivity index (χ4n) is 4.45. The SMILES string of the molecule is Cc1cc(N2CCN(c3ncccn3)CC2)nc2ccc(NC(=O)Cc3cccc(C(F)(F)F)c3)cc12. The summed E-state index contributed by atoms with van der Waals surface area (Å²) in [6.07, 6.45) is -1.12. The van der Waals surface area contributed by atoms with Crippen molar-refractivity contribution in [1.29, 1.82) is 0 Å². The molecule has 0 aliphatic carbocycles. The van der Waals surface area contributed by atoms with Crippen LogP contribution in [0.3, 0.4) is 0 Å². The number of nitrogens with zero attached hydrogens (tertiary/aromatic N) is 5. The molecule has 0 atom stereocenters. The summed E-state index contributed by atoms with van der Waals surface area (Å²) in [4.78, 5) is 30.4. The molecule has 0 saturated carbocycles. The Morgan fingerprint density at radius 2 is 1.68 bits per heavy atom. The first-order valence-electron chi connectivity index (χ1n) is 11.9. The van der Waals surface area contributed by atoms with Gasteiger partial charge in [-0.1, -0.05) is 18.2 Å². The normalized spacial score (nSPS) is 14.2. The van der Waals surface area contributed by atoms with Crippen LogP contribution in [0.15, 0.2) is 67.0 Å². The number of benzene rings is 2. The number of carbonyl (C=O) groups excluding carboxylic acids is 1. The molecule has 5 rings (SSSR count). The first-order chi connectivity index (χ1) is 17.8. The third-order valence-corrected chi connectivity index (χ3v) is 6.34. The van der Waals surface area contributed by atoms with E-state index < -0.39 is 11.7 Å². The maximum atomic E-state index is 13.0. The lowest BCUT2D eigenvalue weighted by molar-refractivity contribution is -0.137. The van der Waals surface area contributed by atoms with Crippen molar-refractivity contribution in [2.75, 3.05) is 41.3 Å². The van der Waals surface area contributed by atoms with Gasteiger partial charge in [-0.2, -0.15) is 13.2 Å². The smallest absolute Gasteiger partial charge is 0.353 e. The molecular weight excluding hydrogens is 481 g/mol. The van der Waals surface area contributed by atoms with Crippen molar-refractivity contribution in [1.82, 2.24) is 15.0 Å². The first-order valence-corrected chi connectivity index (χ1v) is 11.9. The zero-order valence-corrected chi connectivity index (χ0v) is 20.2. The number of fused-ring (bicyclic) bond motifs is 1. The molecule has 4 aromatic rings. The van der Waals surface area contributed by atoms with Crippen molar-refractivity contribution < 1.29 is 18.0 Å². The number of alkyl halides is 3. The summed E-state index contributed by atoms with van der Waals surface area (Å²) in [6, 6.07) is 14.1. The van der Waals surface area contributed by atoms with E-state index in [1.807, 2.05) is 25.1 Å². The van der Waals surface area contributed by atoms with Crippen LogP contribution in [0.25, 0.3) is 10.9 Å². The third kappa shape index (κ3) is 5.63. The average Bonchev–Trinajstić information content (AvgIpc) is 2.89. The number of aromatic nitrogens is 3. The number of nitrogens with one attached hydrogen (secondary N) is 1. The second-order valence-corrected chi connectivity index (χ2v) is 8.98. The van der Waals surface area contributed by atoms with E-state index >= 15 is 0 Å². The molecule has 190 valence electrons. The van der Waals surface area contributed by atoms with Gasteiger partial charge in [-0.05, 0) is 54.4 Å². The summed E-state index contributed by atoms with van der Waals surface area (Å²) < 4.78 is 38.9. The second-order valence-electron chi connectivity index (χ2n) is 8.98. The second kappa shape index (κ2) is 10.0. The van der Waals surface area contributed by atoms with Crippen LogP contribution in [0.1, 0.15) is 16.7 Å². The summed E-state index contributed by atoms with van der Waals surface area (Å²) in [5.74, 6) is 1.23. The van der Waals surface area contributed by atoms with Gasteiger partial charge in [0.15, 0.2) is 0 Å². The van der Waals surface area contributed by atoms with Gasteiger partial charge in [0.25, 0.3) is 0 Å². The fraction of sp³-hybridized carbons (Fsp3) is 0.259. The molecule has 1 fully saturated rings. The maximum Gasteiger partial charge on any atom is 0.416 e. The van der Waals surface area contributed by atoms with Gasteiger partial charge in [0.1, 0.15) is 5.82 Å². The summed E-state index contributed by atoms with van der Waals surface area (Å²) in [5.41, 5.74) is 1.92. The molecule has 2 aromatic heterocycles. The fourth-order valence-corrected chi connectivity index (χ4v) is 4.45. The van der Waals surface area contributed by atoms with Gasteiger partial charge in [0, 0.05) is 49.6 Å². The highest BCUT2D eigenvalue weighted by Gasteiger charge is 2.30. The Morgan fingerprint density at radius 3 is 2.41 bits per heavy atom. The van der Waals surface area contributed by atoms with Gasteiger partial charge in [0.05, 0.1) is 17.5 Å². The van der Waals surface area contributed by atoms with Crippen LogP contribution in [0.4, 0.5) is 30.6 Å². The van der Waals surface area contributed by atoms with Crippen LogP contribution in [0, 0.1) is 6.92 Å². The zero-order chi connectivity index (χ0) is 26.0. The summed E-state index contributed by atoms with van der Waals surface area (Å²) in [5, 5.41) is 3.69. The lowest BCUT2D eigenvalue weighted by atomic mass is 10.1. The van der Waals surface area contributed by atoms with Crippen molar-refractivity contribution >= 4 is 34.3 Å². The standard InChI is InChI=1S/C27H25F3N6O/c1-18-14-24(35-10-12-36(13-11-35)26-31-8-3-9-32-26)34-23-7-6-21(17-22(18)23)33-25(37)16-19-4-2-5-20(15-19)27(28,29)30/h2-9,14-15,17H,10-13,16H2,1H3,(H,33,37). The van der Waals surface area contributed by atoms with E-state index in [2.05, 4.69) is 25.1 Å². The molecule has 1 N–H and O–H groups in total. The Balaban J connectivity index is 1.26. The van der Waals surface area contributed by atoms with E-state index in [-0.39, 0.29) is 12.3 Å². The topological polar surface area (TPSA) is 74.2 Å². The van der Waals surface area contributed by atoms with Gasteiger partial charge in [-0.25, -0.2) is 15.0 Å². The minimum Gasteiger partial charge on any atom is -0.353 e. The van der Waals surface area contributed by atoms with E-state index in [0.717, 1.165) is 66.5 Å². The van der Waals surface area contributed by atoms with Gasteiger partial charge in [-0.3, -0.25) is 4.79 Å². The Labute approximate surface area is 212 Å². The quantitative estimate of drug-likeness (QED) is 0.417. The number of amides is 1. The van der Waals surface area contributed by atoms with Crippen LogP contribution in [0.5, 0.6) is 0 Å². The maximum absolute atomic E-state index is 13.0. The molecule has 1 saturated heterocycles. The number of hydrogen-bond acceptors (Lipinski definition) is 6.